The van der Waals surface area contributed by atoms with Gasteiger partial charge in [-0.2, -0.15) is 0 Å². The normalized spacial score (nSPS) is 12.6. The Morgan fingerprint density at radius 3 is 2.83 bits per heavy atom. The fourth-order valence-corrected chi connectivity index (χ4v) is 2.02. The minimum atomic E-state index is -0.00184. The molecule has 4 nitrogen and oxygen atoms in total. The lowest BCUT2D eigenvalue weighted by Crippen LogP contribution is -2.10. The Morgan fingerprint density at radius 2 is 2.17 bits per heavy atom. The van der Waals surface area contributed by atoms with Gasteiger partial charge >= 0.3 is 0 Å². The quantitative estimate of drug-likeness (QED) is 0.812. The summed E-state index contributed by atoms with van der Waals surface area (Å²) in [6, 6.07) is 8.29. The molecule has 0 aliphatic heterocycles. The highest BCUT2D eigenvalue weighted by atomic mass is 16.5. The lowest BCUT2D eigenvalue weighted by Gasteiger charge is -2.15. The molecule has 1 unspecified atom stereocenters. The summed E-state index contributed by atoms with van der Waals surface area (Å²) < 4.78 is 7.70. The number of hydrogen-bond acceptors (Lipinski definition) is 3. The van der Waals surface area contributed by atoms with Crippen LogP contribution < -0.4 is 0 Å². The molecule has 0 radical (unpaired) electrons. The molecule has 1 heterocycles. The summed E-state index contributed by atoms with van der Waals surface area (Å²) in [6.45, 7) is 6.85. The third kappa shape index (κ3) is 2.59. The zero-order valence-electron chi connectivity index (χ0n) is 11.1. The minimum absolute atomic E-state index is 0.00184. The second-order valence-corrected chi connectivity index (χ2v) is 4.25. The minimum Gasteiger partial charge on any atom is -0.370 e. The van der Waals surface area contributed by atoms with Crippen molar-refractivity contribution in [2.24, 2.45) is 0 Å². The predicted octanol–water partition coefficient (Wildman–Crippen LogP) is 3.06. The van der Waals surface area contributed by atoms with Crippen molar-refractivity contribution in [3.63, 3.8) is 0 Å². The molecule has 4 heteroatoms. The first-order valence-corrected chi connectivity index (χ1v) is 6.34. The summed E-state index contributed by atoms with van der Waals surface area (Å²) in [5.74, 6) is 0.866. The van der Waals surface area contributed by atoms with E-state index in [1.165, 1.54) is 5.56 Å². The summed E-state index contributed by atoms with van der Waals surface area (Å²) >= 11 is 0. The highest BCUT2D eigenvalue weighted by Crippen LogP contribution is 2.22. The molecule has 0 N–H and O–H groups in total. The Bertz CT molecular complexity index is 507. The van der Waals surface area contributed by atoms with Gasteiger partial charge in [0.1, 0.15) is 12.4 Å². The SMILES string of the molecule is CCOC(CC)c1nncn1-c1cccc(C)c1. The smallest absolute Gasteiger partial charge is 0.166 e. The van der Waals surface area contributed by atoms with Crippen molar-refractivity contribution in [2.45, 2.75) is 33.3 Å². The molecular formula is C14H19N3O. The molecular weight excluding hydrogens is 226 g/mol. The molecule has 0 saturated carbocycles. The van der Waals surface area contributed by atoms with Gasteiger partial charge in [0.2, 0.25) is 0 Å². The lowest BCUT2D eigenvalue weighted by atomic mass is 10.2. The zero-order valence-corrected chi connectivity index (χ0v) is 11.1. The first-order valence-electron chi connectivity index (χ1n) is 6.34. The first kappa shape index (κ1) is 12.8. The number of aryl methyl sites for hydroxylation is 1. The van der Waals surface area contributed by atoms with E-state index in [1.807, 2.05) is 17.6 Å². The summed E-state index contributed by atoms with van der Waals surface area (Å²) in [5.41, 5.74) is 2.30. The average Bonchev–Trinajstić information content (AvgIpc) is 2.85. The molecule has 0 fully saturated rings. The van der Waals surface area contributed by atoms with Gasteiger partial charge in [-0.05, 0) is 38.0 Å². The van der Waals surface area contributed by atoms with Crippen LogP contribution >= 0.6 is 0 Å². The lowest BCUT2D eigenvalue weighted by molar-refractivity contribution is 0.0522. The van der Waals surface area contributed by atoms with Crippen LogP contribution in [0, 0.1) is 6.92 Å². The van der Waals surface area contributed by atoms with Crippen LogP contribution in [0.15, 0.2) is 30.6 Å². The number of ether oxygens (including phenoxy) is 1. The highest BCUT2D eigenvalue weighted by Gasteiger charge is 2.17. The molecule has 1 atom stereocenters. The predicted molar refractivity (Wildman–Crippen MR) is 70.8 cm³/mol. The van der Waals surface area contributed by atoms with Crippen LogP contribution in [-0.2, 0) is 4.74 Å². The third-order valence-electron chi connectivity index (χ3n) is 2.88. The van der Waals surface area contributed by atoms with E-state index in [4.69, 9.17) is 4.74 Å². The van der Waals surface area contributed by atoms with Crippen molar-refractivity contribution < 1.29 is 4.74 Å². The summed E-state index contributed by atoms with van der Waals surface area (Å²) in [4.78, 5) is 0. The Labute approximate surface area is 108 Å². The van der Waals surface area contributed by atoms with Crippen LogP contribution in [-0.4, -0.2) is 21.4 Å². The van der Waals surface area contributed by atoms with E-state index in [0.717, 1.165) is 17.9 Å². The number of rotatable bonds is 5. The van der Waals surface area contributed by atoms with Crippen molar-refractivity contribution in [1.29, 1.82) is 0 Å². The molecule has 1 aromatic carbocycles. The Hall–Kier alpha value is -1.68. The fraction of sp³-hybridized carbons (Fsp3) is 0.429. The molecule has 0 amide bonds. The number of aromatic nitrogens is 3. The van der Waals surface area contributed by atoms with Gasteiger partial charge in [0, 0.05) is 12.3 Å². The molecule has 2 rings (SSSR count). The Balaban J connectivity index is 2.38. The highest BCUT2D eigenvalue weighted by molar-refractivity contribution is 5.36. The molecule has 0 saturated heterocycles. The van der Waals surface area contributed by atoms with Crippen LogP contribution in [0.25, 0.3) is 5.69 Å². The average molecular weight is 245 g/mol. The van der Waals surface area contributed by atoms with E-state index in [-0.39, 0.29) is 6.10 Å². The zero-order chi connectivity index (χ0) is 13.0. The molecule has 1 aromatic heterocycles. The number of nitrogens with zero attached hydrogens (tertiary/aromatic N) is 3. The van der Waals surface area contributed by atoms with Crippen molar-refractivity contribution in [3.05, 3.63) is 42.0 Å². The fourth-order valence-electron chi connectivity index (χ4n) is 2.02. The van der Waals surface area contributed by atoms with Gasteiger partial charge in [-0.1, -0.05) is 19.1 Å². The van der Waals surface area contributed by atoms with E-state index in [9.17, 15) is 0 Å². The summed E-state index contributed by atoms with van der Waals surface area (Å²) in [6.07, 6.45) is 2.63. The van der Waals surface area contributed by atoms with E-state index >= 15 is 0 Å². The second kappa shape index (κ2) is 5.78. The maximum absolute atomic E-state index is 5.70. The van der Waals surface area contributed by atoms with Crippen molar-refractivity contribution in [1.82, 2.24) is 14.8 Å². The summed E-state index contributed by atoms with van der Waals surface area (Å²) in [5, 5.41) is 8.21. The van der Waals surface area contributed by atoms with E-state index in [0.29, 0.717) is 6.61 Å². The monoisotopic (exact) mass is 245 g/mol. The topological polar surface area (TPSA) is 39.9 Å². The standard InChI is InChI=1S/C14H19N3O/c1-4-13(18-5-2)14-16-15-10-17(14)12-8-6-7-11(3)9-12/h6-10,13H,4-5H2,1-3H3. The molecule has 18 heavy (non-hydrogen) atoms. The first-order chi connectivity index (χ1) is 8.76. The van der Waals surface area contributed by atoms with E-state index in [2.05, 4.69) is 42.2 Å². The van der Waals surface area contributed by atoms with Gasteiger partial charge in [-0.15, -0.1) is 10.2 Å². The molecule has 0 spiro atoms. The van der Waals surface area contributed by atoms with Crippen molar-refractivity contribution in [2.75, 3.05) is 6.61 Å². The van der Waals surface area contributed by atoms with Crippen LogP contribution in [0.5, 0.6) is 0 Å². The Morgan fingerprint density at radius 1 is 1.33 bits per heavy atom. The van der Waals surface area contributed by atoms with Crippen LogP contribution in [0.3, 0.4) is 0 Å². The Kier molecular flexibility index (Phi) is 4.10. The van der Waals surface area contributed by atoms with Gasteiger partial charge in [0.25, 0.3) is 0 Å². The van der Waals surface area contributed by atoms with E-state index in [1.54, 1.807) is 6.33 Å². The van der Waals surface area contributed by atoms with Crippen molar-refractivity contribution >= 4 is 0 Å². The van der Waals surface area contributed by atoms with Gasteiger partial charge in [-0.3, -0.25) is 4.57 Å². The number of benzene rings is 1. The maximum atomic E-state index is 5.70. The van der Waals surface area contributed by atoms with Crippen LogP contribution in [0.2, 0.25) is 0 Å². The van der Waals surface area contributed by atoms with Crippen molar-refractivity contribution in [3.8, 4) is 5.69 Å². The summed E-state index contributed by atoms with van der Waals surface area (Å²) in [7, 11) is 0. The molecule has 96 valence electrons. The van der Waals surface area contributed by atoms with Gasteiger partial charge in [0.15, 0.2) is 5.82 Å². The molecule has 0 aliphatic rings. The second-order valence-electron chi connectivity index (χ2n) is 4.25. The van der Waals surface area contributed by atoms with Gasteiger partial charge in [0.05, 0.1) is 0 Å². The maximum Gasteiger partial charge on any atom is 0.166 e. The van der Waals surface area contributed by atoms with E-state index < -0.39 is 0 Å². The number of hydrogen-bond donors (Lipinski definition) is 0. The molecule has 0 bridgehead atoms. The van der Waals surface area contributed by atoms with Crippen LogP contribution in [0.4, 0.5) is 0 Å². The largest absolute Gasteiger partial charge is 0.370 e. The molecule has 2 aromatic rings. The van der Waals surface area contributed by atoms with Crippen LogP contribution in [0.1, 0.15) is 37.8 Å². The molecule has 0 aliphatic carbocycles. The van der Waals surface area contributed by atoms with Gasteiger partial charge in [-0.25, -0.2) is 0 Å². The van der Waals surface area contributed by atoms with Gasteiger partial charge < -0.3 is 4.74 Å². The third-order valence-corrected chi connectivity index (χ3v) is 2.88.